The van der Waals surface area contributed by atoms with Crippen molar-refractivity contribution in [2.75, 3.05) is 29.9 Å². The highest BCUT2D eigenvalue weighted by molar-refractivity contribution is 5.97. The average molecular weight is 460 g/mol. The van der Waals surface area contributed by atoms with Gasteiger partial charge in [-0.2, -0.15) is 4.98 Å². The van der Waals surface area contributed by atoms with Gasteiger partial charge in [-0.05, 0) is 57.0 Å². The molecule has 176 valence electrons. The van der Waals surface area contributed by atoms with E-state index in [1.54, 1.807) is 4.90 Å². The van der Waals surface area contributed by atoms with Crippen molar-refractivity contribution >= 4 is 23.2 Å². The summed E-state index contributed by atoms with van der Waals surface area (Å²) in [7, 11) is 0. The highest BCUT2D eigenvalue weighted by Gasteiger charge is 2.27. The molecule has 2 amide bonds. The van der Waals surface area contributed by atoms with Crippen LogP contribution in [-0.4, -0.2) is 46.5 Å². The van der Waals surface area contributed by atoms with E-state index in [4.69, 9.17) is 4.52 Å². The number of amides is 2. The minimum absolute atomic E-state index is 0.000535. The molecule has 0 radical (unpaired) electrons. The molecule has 1 unspecified atom stereocenters. The van der Waals surface area contributed by atoms with E-state index in [1.165, 1.54) is 0 Å². The number of carbonyl (C=O) groups excluding carboxylic acids is 2. The van der Waals surface area contributed by atoms with Crippen LogP contribution in [0.3, 0.4) is 0 Å². The van der Waals surface area contributed by atoms with Crippen LogP contribution in [0.5, 0.6) is 0 Å². The van der Waals surface area contributed by atoms with E-state index < -0.39 is 0 Å². The van der Waals surface area contributed by atoms with Crippen LogP contribution in [0, 0.1) is 12.8 Å². The second-order valence-electron chi connectivity index (χ2n) is 9.14. The fourth-order valence-corrected chi connectivity index (χ4v) is 4.74. The fraction of sp³-hybridized carbons (Fsp3) is 0.385. The highest BCUT2D eigenvalue weighted by atomic mass is 16.5. The molecule has 3 heterocycles. The summed E-state index contributed by atoms with van der Waals surface area (Å²) in [5, 5.41) is 7.18. The Balaban J connectivity index is 1.19. The summed E-state index contributed by atoms with van der Waals surface area (Å²) in [6, 6.07) is 15.6. The maximum absolute atomic E-state index is 13.0. The number of nitrogens with one attached hydrogen (secondary N) is 1. The molecule has 3 aromatic rings. The molecule has 0 spiro atoms. The number of aromatic nitrogens is 2. The van der Waals surface area contributed by atoms with Gasteiger partial charge in [0.1, 0.15) is 0 Å². The molecule has 8 nitrogen and oxygen atoms in total. The van der Waals surface area contributed by atoms with Crippen molar-refractivity contribution in [1.29, 1.82) is 0 Å². The standard InChI is InChI=1S/C26H29N5O3/c1-18-6-2-7-19(14-18)25-28-23(34-29-25)17-30-12-4-8-20(16-30)26(33)27-21-9-3-10-22(15-21)31-13-5-11-24(31)32/h2-3,6-7,9-10,14-15,20H,4-5,8,11-13,16-17H2,1H3,(H,27,33). The zero-order valence-electron chi connectivity index (χ0n) is 19.4. The number of carbonyl (C=O) groups is 2. The van der Waals surface area contributed by atoms with Crippen molar-refractivity contribution in [3.05, 3.63) is 60.0 Å². The summed E-state index contributed by atoms with van der Waals surface area (Å²) >= 11 is 0. The van der Waals surface area contributed by atoms with E-state index in [0.717, 1.165) is 54.9 Å². The molecule has 2 aliphatic heterocycles. The number of hydrogen-bond acceptors (Lipinski definition) is 6. The zero-order valence-corrected chi connectivity index (χ0v) is 19.4. The van der Waals surface area contributed by atoms with Crippen molar-refractivity contribution in [2.45, 2.75) is 39.2 Å². The molecule has 0 bridgehead atoms. The molecule has 1 atom stereocenters. The van der Waals surface area contributed by atoms with Crippen LogP contribution >= 0.6 is 0 Å². The van der Waals surface area contributed by atoms with E-state index in [0.29, 0.717) is 31.2 Å². The van der Waals surface area contributed by atoms with Crippen LogP contribution in [-0.2, 0) is 16.1 Å². The monoisotopic (exact) mass is 459 g/mol. The van der Waals surface area contributed by atoms with E-state index in [2.05, 4.69) is 20.4 Å². The van der Waals surface area contributed by atoms with E-state index in [1.807, 2.05) is 55.5 Å². The lowest BCUT2D eigenvalue weighted by atomic mass is 9.97. The number of piperidine rings is 1. The number of rotatable bonds is 6. The van der Waals surface area contributed by atoms with Crippen LogP contribution in [0.15, 0.2) is 53.1 Å². The maximum atomic E-state index is 13.0. The first kappa shape index (κ1) is 22.3. The topological polar surface area (TPSA) is 91.6 Å². The van der Waals surface area contributed by atoms with Crippen molar-refractivity contribution in [1.82, 2.24) is 15.0 Å². The highest BCUT2D eigenvalue weighted by Crippen LogP contribution is 2.26. The van der Waals surface area contributed by atoms with Gasteiger partial charge in [-0.25, -0.2) is 0 Å². The Morgan fingerprint density at radius 3 is 2.85 bits per heavy atom. The van der Waals surface area contributed by atoms with Gasteiger partial charge in [0, 0.05) is 36.4 Å². The Kier molecular flexibility index (Phi) is 6.40. The number of nitrogens with zero attached hydrogens (tertiary/aromatic N) is 4. The lowest BCUT2D eigenvalue weighted by Crippen LogP contribution is -2.40. The second-order valence-corrected chi connectivity index (χ2v) is 9.14. The minimum atomic E-state index is -0.120. The van der Waals surface area contributed by atoms with Crippen molar-refractivity contribution in [3.8, 4) is 11.4 Å². The lowest BCUT2D eigenvalue weighted by molar-refractivity contribution is -0.121. The smallest absolute Gasteiger partial charge is 0.241 e. The summed E-state index contributed by atoms with van der Waals surface area (Å²) in [5.41, 5.74) is 3.64. The predicted molar refractivity (Wildman–Crippen MR) is 129 cm³/mol. The number of anilines is 2. The Morgan fingerprint density at radius 2 is 2.03 bits per heavy atom. The summed E-state index contributed by atoms with van der Waals surface area (Å²) in [6.45, 7) is 4.81. The predicted octanol–water partition coefficient (Wildman–Crippen LogP) is 4.02. The van der Waals surface area contributed by atoms with Crippen molar-refractivity contribution in [2.24, 2.45) is 5.92 Å². The average Bonchev–Trinajstić information content (AvgIpc) is 3.48. The molecular weight excluding hydrogens is 430 g/mol. The molecule has 2 aliphatic rings. The molecule has 0 saturated carbocycles. The van der Waals surface area contributed by atoms with Crippen molar-refractivity contribution < 1.29 is 14.1 Å². The SMILES string of the molecule is Cc1cccc(-c2noc(CN3CCCC(C(=O)Nc4cccc(N5CCCC5=O)c4)C3)n2)c1. The van der Waals surface area contributed by atoms with Gasteiger partial charge in [-0.3, -0.25) is 14.5 Å². The van der Waals surface area contributed by atoms with Crippen molar-refractivity contribution in [3.63, 3.8) is 0 Å². The van der Waals surface area contributed by atoms with Gasteiger partial charge in [-0.15, -0.1) is 0 Å². The van der Waals surface area contributed by atoms with E-state index in [9.17, 15) is 9.59 Å². The Labute approximate surface area is 198 Å². The Morgan fingerprint density at radius 1 is 1.15 bits per heavy atom. The van der Waals surface area contributed by atoms with Crippen LogP contribution < -0.4 is 10.2 Å². The molecule has 2 fully saturated rings. The van der Waals surface area contributed by atoms with Crippen LogP contribution in [0.1, 0.15) is 37.1 Å². The maximum Gasteiger partial charge on any atom is 0.241 e. The molecular formula is C26H29N5O3. The van der Waals surface area contributed by atoms with Gasteiger partial charge < -0.3 is 14.7 Å². The Hall–Kier alpha value is -3.52. The summed E-state index contributed by atoms with van der Waals surface area (Å²) < 4.78 is 5.49. The normalized spacial score (nSPS) is 18.9. The molecule has 2 aromatic carbocycles. The molecule has 0 aliphatic carbocycles. The first-order valence-electron chi connectivity index (χ1n) is 11.9. The van der Waals surface area contributed by atoms with Gasteiger partial charge in [0.15, 0.2) is 0 Å². The first-order valence-corrected chi connectivity index (χ1v) is 11.9. The van der Waals surface area contributed by atoms with Crippen LogP contribution in [0.25, 0.3) is 11.4 Å². The summed E-state index contributed by atoms with van der Waals surface area (Å²) in [5.74, 6) is 1.16. The molecule has 8 heteroatoms. The third kappa shape index (κ3) is 5.02. The zero-order chi connectivity index (χ0) is 23.5. The van der Waals surface area contributed by atoms with Gasteiger partial charge >= 0.3 is 0 Å². The molecule has 1 N–H and O–H groups in total. The number of hydrogen-bond donors (Lipinski definition) is 1. The van der Waals surface area contributed by atoms with Gasteiger partial charge in [-0.1, -0.05) is 35.0 Å². The third-order valence-electron chi connectivity index (χ3n) is 6.48. The van der Waals surface area contributed by atoms with E-state index >= 15 is 0 Å². The van der Waals surface area contributed by atoms with Gasteiger partial charge in [0.25, 0.3) is 0 Å². The molecule has 34 heavy (non-hydrogen) atoms. The summed E-state index contributed by atoms with van der Waals surface area (Å²) in [4.78, 5) is 33.6. The summed E-state index contributed by atoms with van der Waals surface area (Å²) in [6.07, 6.45) is 3.23. The molecule has 1 aromatic heterocycles. The largest absolute Gasteiger partial charge is 0.338 e. The fourth-order valence-electron chi connectivity index (χ4n) is 4.74. The van der Waals surface area contributed by atoms with E-state index in [-0.39, 0.29) is 17.7 Å². The first-order chi connectivity index (χ1) is 16.5. The lowest BCUT2D eigenvalue weighted by Gasteiger charge is -2.31. The molecule has 2 saturated heterocycles. The Bertz CT molecular complexity index is 1190. The number of benzene rings is 2. The third-order valence-corrected chi connectivity index (χ3v) is 6.48. The van der Waals surface area contributed by atoms with Gasteiger partial charge in [0.05, 0.1) is 12.5 Å². The van der Waals surface area contributed by atoms with Crippen LogP contribution in [0.4, 0.5) is 11.4 Å². The minimum Gasteiger partial charge on any atom is -0.338 e. The quantitative estimate of drug-likeness (QED) is 0.599. The van der Waals surface area contributed by atoms with Gasteiger partial charge in [0.2, 0.25) is 23.5 Å². The second kappa shape index (κ2) is 9.77. The number of likely N-dealkylation sites (tertiary alicyclic amines) is 1. The molecule has 5 rings (SSSR count). The van der Waals surface area contributed by atoms with Crippen LogP contribution in [0.2, 0.25) is 0 Å². The number of aryl methyl sites for hydroxylation is 1.